The zero-order chi connectivity index (χ0) is 14.5. The molecular weight excluding hydrogens is 305 g/mol. The number of hydrogen-bond acceptors (Lipinski definition) is 3. The fourth-order valence-electron chi connectivity index (χ4n) is 1.35. The van der Waals surface area contributed by atoms with E-state index in [4.69, 9.17) is 11.6 Å². The van der Waals surface area contributed by atoms with Crippen LogP contribution >= 0.6 is 11.6 Å². The summed E-state index contributed by atoms with van der Waals surface area (Å²) in [4.78, 5) is 0. The van der Waals surface area contributed by atoms with Gasteiger partial charge in [0.15, 0.2) is 6.10 Å². The molecule has 0 heterocycles. The summed E-state index contributed by atoms with van der Waals surface area (Å²) in [6, 6.07) is 6.61. The zero-order valence-electron chi connectivity index (χ0n) is 9.73. The van der Waals surface area contributed by atoms with Crippen LogP contribution in [0.1, 0.15) is 18.1 Å². The second-order valence-corrected chi connectivity index (χ2v) is 5.83. The van der Waals surface area contributed by atoms with Gasteiger partial charge in [-0.1, -0.05) is 30.3 Å². The van der Waals surface area contributed by atoms with Crippen LogP contribution < -0.4 is 0 Å². The molecule has 8 heteroatoms. The molecule has 0 N–H and O–H groups in total. The molecule has 19 heavy (non-hydrogen) atoms. The van der Waals surface area contributed by atoms with Gasteiger partial charge in [0.25, 0.3) is 10.1 Å². The van der Waals surface area contributed by atoms with Crippen molar-refractivity contribution in [1.82, 2.24) is 0 Å². The monoisotopic (exact) mass is 316 g/mol. The van der Waals surface area contributed by atoms with Crippen LogP contribution in [0.4, 0.5) is 13.2 Å². The quantitative estimate of drug-likeness (QED) is 0.597. The highest BCUT2D eigenvalue weighted by molar-refractivity contribution is 7.86. The third-order valence-electron chi connectivity index (χ3n) is 2.17. The third-order valence-corrected chi connectivity index (χ3v) is 3.71. The second kappa shape index (κ2) is 6.58. The van der Waals surface area contributed by atoms with Crippen LogP contribution in [0.3, 0.4) is 0 Å². The summed E-state index contributed by atoms with van der Waals surface area (Å²) in [6.45, 7) is 0. The van der Waals surface area contributed by atoms with Crippen molar-refractivity contribution in [1.29, 1.82) is 0 Å². The molecule has 1 unspecified atom stereocenters. The SMILES string of the molecule is O=S(=O)(CCCCl)OC(c1ccccc1)C(F)(F)F. The standard InChI is InChI=1S/C11H12ClF3O3S/c12-7-4-8-19(16,17)18-10(11(13,14)15)9-5-2-1-3-6-9/h1-3,5-6,10H,4,7-8H2. The van der Waals surface area contributed by atoms with Gasteiger partial charge >= 0.3 is 6.18 Å². The molecule has 0 radical (unpaired) electrons. The molecule has 0 spiro atoms. The Labute approximate surface area is 114 Å². The summed E-state index contributed by atoms with van der Waals surface area (Å²) in [7, 11) is -4.28. The largest absolute Gasteiger partial charge is 0.420 e. The van der Waals surface area contributed by atoms with Crippen molar-refractivity contribution < 1.29 is 25.8 Å². The van der Waals surface area contributed by atoms with Crippen LogP contribution in [0.5, 0.6) is 0 Å². The van der Waals surface area contributed by atoms with E-state index in [1.54, 1.807) is 0 Å². The van der Waals surface area contributed by atoms with Gasteiger partial charge in [-0.25, -0.2) is 0 Å². The maximum Gasteiger partial charge on any atom is 0.420 e. The number of rotatable bonds is 6. The van der Waals surface area contributed by atoms with Gasteiger partial charge < -0.3 is 0 Å². The predicted molar refractivity (Wildman–Crippen MR) is 65.4 cm³/mol. The van der Waals surface area contributed by atoms with Gasteiger partial charge in [-0.15, -0.1) is 11.6 Å². The smallest absolute Gasteiger partial charge is 0.252 e. The lowest BCUT2D eigenvalue weighted by Gasteiger charge is -2.20. The summed E-state index contributed by atoms with van der Waals surface area (Å²) in [5.74, 6) is -0.513. The lowest BCUT2D eigenvalue weighted by atomic mass is 10.1. The minimum atomic E-state index is -4.81. The number of halogens is 4. The first-order chi connectivity index (χ1) is 8.76. The normalized spacial score (nSPS) is 14.3. The molecular formula is C11H12ClF3O3S. The van der Waals surface area contributed by atoms with Crippen LogP contribution in [-0.4, -0.2) is 26.2 Å². The molecule has 0 fully saturated rings. The average Bonchev–Trinajstić information content (AvgIpc) is 2.33. The van der Waals surface area contributed by atoms with Crippen molar-refractivity contribution in [2.75, 3.05) is 11.6 Å². The van der Waals surface area contributed by atoms with Crippen LogP contribution in [0.15, 0.2) is 30.3 Å². The van der Waals surface area contributed by atoms with Gasteiger partial charge in [0.2, 0.25) is 0 Å². The second-order valence-electron chi connectivity index (χ2n) is 3.73. The van der Waals surface area contributed by atoms with Crippen LogP contribution in [0, 0.1) is 0 Å². The van der Waals surface area contributed by atoms with Crippen molar-refractivity contribution >= 4 is 21.7 Å². The van der Waals surface area contributed by atoms with Crippen LogP contribution in [-0.2, 0) is 14.3 Å². The van der Waals surface area contributed by atoms with Gasteiger partial charge in [0.1, 0.15) is 0 Å². The molecule has 0 aliphatic carbocycles. The maximum absolute atomic E-state index is 12.8. The highest BCUT2D eigenvalue weighted by Crippen LogP contribution is 2.37. The Balaban J connectivity index is 2.95. The maximum atomic E-state index is 12.8. The van der Waals surface area contributed by atoms with E-state index < -0.39 is 28.2 Å². The molecule has 1 atom stereocenters. The van der Waals surface area contributed by atoms with Crippen LogP contribution in [0.25, 0.3) is 0 Å². The van der Waals surface area contributed by atoms with Crippen LogP contribution in [0.2, 0.25) is 0 Å². The summed E-state index contributed by atoms with van der Waals surface area (Å²) in [5.41, 5.74) is -0.260. The average molecular weight is 317 g/mol. The topological polar surface area (TPSA) is 43.4 Å². The van der Waals surface area contributed by atoms with Gasteiger partial charge in [-0.05, 0) is 12.0 Å². The van der Waals surface area contributed by atoms with E-state index in [0.717, 1.165) is 12.1 Å². The third kappa shape index (κ3) is 5.38. The molecule has 1 rings (SSSR count). The Bertz CT molecular complexity index is 488. The van der Waals surface area contributed by atoms with Gasteiger partial charge in [0.05, 0.1) is 5.75 Å². The van der Waals surface area contributed by atoms with E-state index in [-0.39, 0.29) is 17.9 Å². The van der Waals surface area contributed by atoms with E-state index in [9.17, 15) is 21.6 Å². The summed E-state index contributed by atoms with van der Waals surface area (Å²) < 4.78 is 65.7. The number of hydrogen-bond donors (Lipinski definition) is 0. The Morgan fingerprint density at radius 2 is 1.79 bits per heavy atom. The summed E-state index contributed by atoms with van der Waals surface area (Å²) in [6.07, 6.45) is -7.27. The van der Waals surface area contributed by atoms with Crippen molar-refractivity contribution in [3.05, 3.63) is 35.9 Å². The molecule has 0 aromatic heterocycles. The fourth-order valence-corrected chi connectivity index (χ4v) is 2.75. The summed E-state index contributed by atoms with van der Waals surface area (Å²) in [5, 5.41) is 0. The van der Waals surface area contributed by atoms with E-state index >= 15 is 0 Å². The Morgan fingerprint density at radius 3 is 2.26 bits per heavy atom. The molecule has 3 nitrogen and oxygen atoms in total. The lowest BCUT2D eigenvalue weighted by Crippen LogP contribution is -2.27. The molecule has 1 aromatic carbocycles. The molecule has 0 saturated heterocycles. The Kier molecular flexibility index (Phi) is 5.64. The van der Waals surface area contributed by atoms with Gasteiger partial charge in [-0.2, -0.15) is 21.6 Å². The molecule has 1 aromatic rings. The fraction of sp³-hybridized carbons (Fsp3) is 0.455. The molecule has 0 aliphatic rings. The van der Waals surface area contributed by atoms with E-state index in [1.807, 2.05) is 0 Å². The highest BCUT2D eigenvalue weighted by Gasteiger charge is 2.44. The first kappa shape index (κ1) is 16.3. The minimum absolute atomic E-state index is 0.0310. The van der Waals surface area contributed by atoms with Crippen molar-refractivity contribution in [2.24, 2.45) is 0 Å². The lowest BCUT2D eigenvalue weighted by molar-refractivity contribution is -0.196. The van der Waals surface area contributed by atoms with E-state index in [1.165, 1.54) is 18.2 Å². The molecule has 108 valence electrons. The molecule has 0 amide bonds. The van der Waals surface area contributed by atoms with Crippen molar-refractivity contribution in [3.8, 4) is 0 Å². The van der Waals surface area contributed by atoms with Gasteiger partial charge in [0, 0.05) is 5.88 Å². The van der Waals surface area contributed by atoms with E-state index in [2.05, 4.69) is 4.18 Å². The molecule has 0 bridgehead atoms. The predicted octanol–water partition coefficient (Wildman–Crippen LogP) is 3.27. The first-order valence-corrected chi connectivity index (χ1v) is 7.46. The number of alkyl halides is 4. The van der Waals surface area contributed by atoms with Crippen molar-refractivity contribution in [3.63, 3.8) is 0 Å². The molecule has 0 aliphatic heterocycles. The van der Waals surface area contributed by atoms with E-state index in [0.29, 0.717) is 0 Å². The minimum Gasteiger partial charge on any atom is -0.252 e. The van der Waals surface area contributed by atoms with Crippen molar-refractivity contribution in [2.45, 2.75) is 18.7 Å². The Morgan fingerprint density at radius 1 is 1.21 bits per heavy atom. The zero-order valence-corrected chi connectivity index (χ0v) is 11.3. The number of benzene rings is 1. The highest BCUT2D eigenvalue weighted by atomic mass is 35.5. The van der Waals surface area contributed by atoms with Gasteiger partial charge in [-0.3, -0.25) is 4.18 Å². The molecule has 0 saturated carbocycles. The Hall–Kier alpha value is -0.790. The summed E-state index contributed by atoms with van der Waals surface area (Å²) >= 11 is 5.31. The first-order valence-electron chi connectivity index (χ1n) is 5.35.